The molecule has 0 spiro atoms. The summed E-state index contributed by atoms with van der Waals surface area (Å²) in [5, 5.41) is 12.4. The van der Waals surface area contributed by atoms with Crippen LogP contribution in [-0.2, 0) is 11.3 Å². The Morgan fingerprint density at radius 3 is 3.09 bits per heavy atom. The Kier molecular flexibility index (Phi) is 4.26. The van der Waals surface area contributed by atoms with Gasteiger partial charge in [0.05, 0.1) is 0 Å². The lowest BCUT2D eigenvalue weighted by molar-refractivity contribution is -0.135. The largest absolute Gasteiger partial charge is 0.385 e. The highest BCUT2D eigenvalue weighted by Gasteiger charge is 2.12. The fourth-order valence-electron chi connectivity index (χ4n) is 1.94. The molecular formula is C14H13ClN4O2S. The van der Waals surface area contributed by atoms with Crippen molar-refractivity contribution in [2.24, 2.45) is 0 Å². The number of nitrogens with zero attached hydrogens (tertiary/aromatic N) is 4. The smallest absolute Gasteiger partial charge is 0.263 e. The third-order valence-electron chi connectivity index (χ3n) is 3.11. The van der Waals surface area contributed by atoms with E-state index in [-0.39, 0.29) is 12.5 Å². The SMILES string of the molecule is CN(Cc1ccsc1)C(=O)COn1nnc2ccc(Cl)cc21. The highest BCUT2D eigenvalue weighted by molar-refractivity contribution is 7.07. The minimum Gasteiger partial charge on any atom is -0.385 e. The first kappa shape index (κ1) is 14.8. The van der Waals surface area contributed by atoms with Crippen LogP contribution in [0, 0.1) is 0 Å². The second-order valence-electron chi connectivity index (χ2n) is 4.75. The Balaban J connectivity index is 1.63. The van der Waals surface area contributed by atoms with Gasteiger partial charge in [-0.3, -0.25) is 4.79 Å². The maximum Gasteiger partial charge on any atom is 0.263 e. The molecule has 2 aromatic heterocycles. The zero-order valence-corrected chi connectivity index (χ0v) is 13.3. The van der Waals surface area contributed by atoms with E-state index in [2.05, 4.69) is 10.3 Å². The van der Waals surface area contributed by atoms with E-state index in [0.29, 0.717) is 22.6 Å². The molecule has 0 unspecified atom stereocenters. The van der Waals surface area contributed by atoms with E-state index in [0.717, 1.165) is 5.56 Å². The molecule has 0 radical (unpaired) electrons. The number of benzene rings is 1. The van der Waals surface area contributed by atoms with Gasteiger partial charge in [0.25, 0.3) is 5.91 Å². The predicted molar refractivity (Wildman–Crippen MR) is 84.8 cm³/mol. The topological polar surface area (TPSA) is 60.2 Å². The quantitative estimate of drug-likeness (QED) is 0.717. The standard InChI is InChI=1S/C14H13ClN4O2S/c1-18(7-10-4-5-22-9-10)14(20)8-21-19-13-6-11(15)2-3-12(13)16-17-19/h2-6,9H,7-8H2,1H3. The molecule has 0 saturated heterocycles. The number of halogens is 1. The van der Waals surface area contributed by atoms with Gasteiger partial charge in [-0.25, -0.2) is 0 Å². The number of thiophene rings is 1. The summed E-state index contributed by atoms with van der Waals surface area (Å²) in [5.74, 6) is -0.142. The van der Waals surface area contributed by atoms with Crippen LogP contribution >= 0.6 is 22.9 Å². The molecule has 2 heterocycles. The van der Waals surface area contributed by atoms with E-state index in [9.17, 15) is 4.79 Å². The zero-order chi connectivity index (χ0) is 15.5. The molecule has 0 fully saturated rings. The second kappa shape index (κ2) is 6.33. The molecule has 0 saturated carbocycles. The number of aromatic nitrogens is 3. The van der Waals surface area contributed by atoms with E-state index < -0.39 is 0 Å². The van der Waals surface area contributed by atoms with Gasteiger partial charge in [0.2, 0.25) is 0 Å². The van der Waals surface area contributed by atoms with Crippen molar-refractivity contribution in [1.82, 2.24) is 20.1 Å². The van der Waals surface area contributed by atoms with Crippen LogP contribution in [0.4, 0.5) is 0 Å². The van der Waals surface area contributed by atoms with Gasteiger partial charge >= 0.3 is 0 Å². The molecular weight excluding hydrogens is 324 g/mol. The first-order valence-corrected chi connectivity index (χ1v) is 7.85. The van der Waals surface area contributed by atoms with Crippen molar-refractivity contribution in [2.75, 3.05) is 13.7 Å². The van der Waals surface area contributed by atoms with E-state index >= 15 is 0 Å². The predicted octanol–water partition coefficient (Wildman–Crippen LogP) is 2.23. The van der Waals surface area contributed by atoms with Gasteiger partial charge in [0, 0.05) is 18.6 Å². The third kappa shape index (κ3) is 3.20. The molecule has 0 atom stereocenters. The lowest BCUT2D eigenvalue weighted by Crippen LogP contribution is -2.33. The van der Waals surface area contributed by atoms with E-state index in [1.165, 1.54) is 4.85 Å². The maximum absolute atomic E-state index is 12.1. The normalized spacial score (nSPS) is 10.8. The summed E-state index contributed by atoms with van der Waals surface area (Å²) in [6.07, 6.45) is 0. The summed E-state index contributed by atoms with van der Waals surface area (Å²) in [6.45, 7) is 0.432. The molecule has 1 amide bonds. The third-order valence-corrected chi connectivity index (χ3v) is 4.08. The second-order valence-corrected chi connectivity index (χ2v) is 5.97. The maximum atomic E-state index is 12.1. The monoisotopic (exact) mass is 336 g/mol. The fourth-order valence-corrected chi connectivity index (χ4v) is 2.76. The lowest BCUT2D eigenvalue weighted by atomic mass is 10.3. The molecule has 114 valence electrons. The van der Waals surface area contributed by atoms with Crippen molar-refractivity contribution in [3.8, 4) is 0 Å². The Labute approximate surface area is 135 Å². The molecule has 0 N–H and O–H groups in total. The number of carbonyl (C=O) groups excluding carboxylic acids is 1. The van der Waals surface area contributed by atoms with Crippen LogP contribution in [0.15, 0.2) is 35.0 Å². The highest BCUT2D eigenvalue weighted by atomic mass is 35.5. The van der Waals surface area contributed by atoms with Crippen LogP contribution in [0.5, 0.6) is 0 Å². The van der Waals surface area contributed by atoms with Gasteiger partial charge in [-0.2, -0.15) is 11.3 Å². The first-order chi connectivity index (χ1) is 10.6. The van der Waals surface area contributed by atoms with Gasteiger partial charge in [0.15, 0.2) is 6.61 Å². The molecule has 22 heavy (non-hydrogen) atoms. The van der Waals surface area contributed by atoms with Crippen molar-refractivity contribution >= 4 is 39.9 Å². The summed E-state index contributed by atoms with van der Waals surface area (Å²) < 4.78 is 0. The van der Waals surface area contributed by atoms with Gasteiger partial charge in [0.1, 0.15) is 11.0 Å². The molecule has 0 aliphatic rings. The molecule has 0 aliphatic heterocycles. The van der Waals surface area contributed by atoms with Crippen LogP contribution in [0.1, 0.15) is 5.56 Å². The molecule has 8 heteroatoms. The first-order valence-electron chi connectivity index (χ1n) is 6.53. The van der Waals surface area contributed by atoms with E-state index in [1.807, 2.05) is 16.8 Å². The van der Waals surface area contributed by atoms with Crippen molar-refractivity contribution in [3.05, 3.63) is 45.6 Å². The summed E-state index contributed by atoms with van der Waals surface area (Å²) in [7, 11) is 1.74. The minimum absolute atomic E-state index is 0.119. The van der Waals surface area contributed by atoms with Crippen LogP contribution < -0.4 is 4.84 Å². The van der Waals surface area contributed by atoms with Crippen LogP contribution in [0.2, 0.25) is 5.02 Å². The Hall–Kier alpha value is -2.12. The number of likely N-dealkylation sites (N-methyl/N-ethyl adjacent to an activating group) is 1. The van der Waals surface area contributed by atoms with E-state index in [1.54, 1.807) is 41.5 Å². The summed E-state index contributed by atoms with van der Waals surface area (Å²) in [5.41, 5.74) is 2.38. The van der Waals surface area contributed by atoms with E-state index in [4.69, 9.17) is 16.4 Å². The summed E-state index contributed by atoms with van der Waals surface area (Å²) >= 11 is 7.54. The van der Waals surface area contributed by atoms with Crippen LogP contribution in [0.25, 0.3) is 11.0 Å². The molecule has 0 aliphatic carbocycles. The Morgan fingerprint density at radius 2 is 2.32 bits per heavy atom. The van der Waals surface area contributed by atoms with Crippen molar-refractivity contribution < 1.29 is 9.63 Å². The Morgan fingerprint density at radius 1 is 1.45 bits per heavy atom. The zero-order valence-electron chi connectivity index (χ0n) is 11.8. The van der Waals surface area contributed by atoms with Gasteiger partial charge in [-0.1, -0.05) is 16.4 Å². The highest BCUT2D eigenvalue weighted by Crippen LogP contribution is 2.16. The molecule has 1 aromatic carbocycles. The van der Waals surface area contributed by atoms with Crippen molar-refractivity contribution in [2.45, 2.75) is 6.54 Å². The Bertz CT molecular complexity index is 787. The average molecular weight is 337 g/mol. The van der Waals surface area contributed by atoms with Gasteiger partial charge in [-0.05, 0) is 45.8 Å². The lowest BCUT2D eigenvalue weighted by Gasteiger charge is -2.16. The number of hydrogen-bond donors (Lipinski definition) is 0. The van der Waals surface area contributed by atoms with Gasteiger partial charge < -0.3 is 9.74 Å². The van der Waals surface area contributed by atoms with Crippen molar-refractivity contribution in [3.63, 3.8) is 0 Å². The molecule has 0 bridgehead atoms. The number of rotatable bonds is 5. The van der Waals surface area contributed by atoms with Gasteiger partial charge in [-0.15, -0.1) is 5.10 Å². The molecule has 3 rings (SSSR count). The average Bonchev–Trinajstić information content (AvgIpc) is 3.14. The molecule has 3 aromatic rings. The number of fused-ring (bicyclic) bond motifs is 1. The molecule has 6 nitrogen and oxygen atoms in total. The number of hydrogen-bond acceptors (Lipinski definition) is 5. The summed E-state index contributed by atoms with van der Waals surface area (Å²) in [6, 6.07) is 7.15. The van der Waals surface area contributed by atoms with Crippen molar-refractivity contribution in [1.29, 1.82) is 0 Å². The number of carbonyl (C=O) groups is 1. The number of amides is 1. The minimum atomic E-state index is -0.142. The summed E-state index contributed by atoms with van der Waals surface area (Å²) in [4.78, 5) is 20.3. The fraction of sp³-hybridized carbons (Fsp3) is 0.214. The van der Waals surface area contributed by atoms with Crippen LogP contribution in [-0.4, -0.2) is 39.6 Å². The van der Waals surface area contributed by atoms with Crippen LogP contribution in [0.3, 0.4) is 0 Å².